The van der Waals surface area contributed by atoms with Crippen LogP contribution in [0.2, 0.25) is 0 Å². The van der Waals surface area contributed by atoms with Crippen molar-refractivity contribution in [3.8, 4) is 11.5 Å². The second-order valence-electron chi connectivity index (χ2n) is 5.14. The van der Waals surface area contributed by atoms with E-state index in [-0.39, 0.29) is 11.8 Å². The van der Waals surface area contributed by atoms with Gasteiger partial charge in [0.25, 0.3) is 0 Å². The van der Waals surface area contributed by atoms with Crippen molar-refractivity contribution in [2.45, 2.75) is 6.04 Å². The van der Waals surface area contributed by atoms with Crippen LogP contribution < -0.4 is 14.8 Å². The van der Waals surface area contributed by atoms with E-state index in [1.807, 2.05) is 24.3 Å². The van der Waals surface area contributed by atoms with Crippen molar-refractivity contribution in [2.24, 2.45) is 0 Å². The van der Waals surface area contributed by atoms with Crippen LogP contribution in [0.1, 0.15) is 0 Å². The molecule has 0 aliphatic carbocycles. The van der Waals surface area contributed by atoms with Gasteiger partial charge in [-0.05, 0) is 30.3 Å². The molecule has 1 aliphatic rings. The van der Waals surface area contributed by atoms with E-state index in [0.29, 0.717) is 31.2 Å². The van der Waals surface area contributed by atoms with E-state index in [1.54, 1.807) is 23.8 Å². The summed E-state index contributed by atoms with van der Waals surface area (Å²) in [6.45, 7) is 4.79. The van der Waals surface area contributed by atoms with E-state index < -0.39 is 6.04 Å². The lowest BCUT2D eigenvalue weighted by molar-refractivity contribution is -0.136. The zero-order valence-corrected chi connectivity index (χ0v) is 14.5. The molecule has 2 amide bonds. The number of rotatable bonds is 7. The molecule has 1 atom stereocenters. The maximum absolute atomic E-state index is 12.3. The van der Waals surface area contributed by atoms with Crippen LogP contribution in [-0.2, 0) is 9.59 Å². The standard InChI is InChI=1S/C17H22N2O4S/c1-3-16(20)19-9-11-24-12-15(19)17(21)18-8-10-23-14-6-4-13(22-2)5-7-14/h3-7,15H,1,8-12H2,2H3,(H,18,21). The molecule has 6 nitrogen and oxygen atoms in total. The van der Waals surface area contributed by atoms with Crippen LogP contribution in [0.25, 0.3) is 0 Å². The maximum Gasteiger partial charge on any atom is 0.246 e. The van der Waals surface area contributed by atoms with Crippen molar-refractivity contribution in [2.75, 3.05) is 38.3 Å². The van der Waals surface area contributed by atoms with Gasteiger partial charge in [-0.3, -0.25) is 9.59 Å². The molecule has 0 spiro atoms. The summed E-state index contributed by atoms with van der Waals surface area (Å²) in [7, 11) is 1.61. The maximum atomic E-state index is 12.3. The van der Waals surface area contributed by atoms with E-state index in [1.165, 1.54) is 6.08 Å². The van der Waals surface area contributed by atoms with E-state index in [4.69, 9.17) is 9.47 Å². The average Bonchev–Trinajstić information content (AvgIpc) is 2.64. The Labute approximate surface area is 146 Å². The largest absolute Gasteiger partial charge is 0.497 e. The lowest BCUT2D eigenvalue weighted by Gasteiger charge is -2.33. The zero-order chi connectivity index (χ0) is 17.4. The van der Waals surface area contributed by atoms with Crippen molar-refractivity contribution in [1.29, 1.82) is 0 Å². The van der Waals surface area contributed by atoms with Gasteiger partial charge in [0.2, 0.25) is 11.8 Å². The fourth-order valence-electron chi connectivity index (χ4n) is 2.33. The molecule has 24 heavy (non-hydrogen) atoms. The molecule has 1 fully saturated rings. The van der Waals surface area contributed by atoms with Crippen molar-refractivity contribution in [3.05, 3.63) is 36.9 Å². The van der Waals surface area contributed by atoms with E-state index in [0.717, 1.165) is 11.5 Å². The normalized spacial score (nSPS) is 17.0. The zero-order valence-electron chi connectivity index (χ0n) is 13.7. The summed E-state index contributed by atoms with van der Waals surface area (Å²) < 4.78 is 10.6. The number of hydrogen-bond acceptors (Lipinski definition) is 5. The Morgan fingerprint density at radius 1 is 1.38 bits per heavy atom. The van der Waals surface area contributed by atoms with Gasteiger partial charge < -0.3 is 19.7 Å². The number of nitrogens with zero attached hydrogens (tertiary/aromatic N) is 1. The topological polar surface area (TPSA) is 67.9 Å². The van der Waals surface area contributed by atoms with Crippen molar-refractivity contribution < 1.29 is 19.1 Å². The van der Waals surface area contributed by atoms with Crippen LogP contribution in [-0.4, -0.2) is 61.1 Å². The van der Waals surface area contributed by atoms with Gasteiger partial charge in [-0.15, -0.1) is 0 Å². The number of amides is 2. The minimum absolute atomic E-state index is 0.157. The van der Waals surface area contributed by atoms with E-state index in [2.05, 4.69) is 11.9 Å². The molecule has 0 radical (unpaired) electrons. The summed E-state index contributed by atoms with van der Waals surface area (Å²) in [5, 5.41) is 2.82. The van der Waals surface area contributed by atoms with Gasteiger partial charge in [-0.2, -0.15) is 11.8 Å². The third-order valence-electron chi connectivity index (χ3n) is 3.62. The second-order valence-corrected chi connectivity index (χ2v) is 6.29. The van der Waals surface area contributed by atoms with Gasteiger partial charge in [0.05, 0.1) is 13.7 Å². The first-order valence-corrected chi connectivity index (χ1v) is 8.86. The minimum atomic E-state index is -0.449. The molecule has 2 rings (SSSR count). The molecule has 1 aliphatic heterocycles. The van der Waals surface area contributed by atoms with Crippen LogP contribution in [0.15, 0.2) is 36.9 Å². The average molecular weight is 350 g/mol. The molecule has 0 saturated carbocycles. The molecule has 1 aromatic rings. The predicted molar refractivity (Wildman–Crippen MR) is 94.5 cm³/mol. The second kappa shape index (κ2) is 9.22. The minimum Gasteiger partial charge on any atom is -0.497 e. The number of nitrogens with one attached hydrogen (secondary N) is 1. The van der Waals surface area contributed by atoms with Crippen molar-refractivity contribution in [3.63, 3.8) is 0 Å². The van der Waals surface area contributed by atoms with E-state index in [9.17, 15) is 9.59 Å². The SMILES string of the molecule is C=CC(=O)N1CCSCC1C(=O)NCCOc1ccc(OC)cc1. The molecule has 1 N–H and O–H groups in total. The predicted octanol–water partition coefficient (Wildman–Crippen LogP) is 1.32. The van der Waals surface area contributed by atoms with Gasteiger partial charge >= 0.3 is 0 Å². The highest BCUT2D eigenvalue weighted by Crippen LogP contribution is 2.18. The third kappa shape index (κ3) is 4.92. The number of thioether (sulfide) groups is 1. The molecular weight excluding hydrogens is 328 g/mol. The highest BCUT2D eigenvalue weighted by atomic mass is 32.2. The van der Waals surface area contributed by atoms with Crippen LogP contribution in [0.5, 0.6) is 11.5 Å². The first-order valence-electron chi connectivity index (χ1n) is 7.71. The first-order chi connectivity index (χ1) is 11.7. The quantitative estimate of drug-likeness (QED) is 0.593. The Hall–Kier alpha value is -2.15. The summed E-state index contributed by atoms with van der Waals surface area (Å²) in [5.41, 5.74) is 0. The van der Waals surface area contributed by atoms with Crippen molar-refractivity contribution in [1.82, 2.24) is 10.2 Å². The van der Waals surface area contributed by atoms with Gasteiger partial charge in [0.1, 0.15) is 24.1 Å². The summed E-state index contributed by atoms with van der Waals surface area (Å²) in [4.78, 5) is 25.7. The van der Waals surface area contributed by atoms with Gasteiger partial charge in [-0.1, -0.05) is 6.58 Å². The van der Waals surface area contributed by atoms with Crippen molar-refractivity contribution >= 4 is 23.6 Å². The number of carbonyl (C=O) groups excluding carboxylic acids is 2. The summed E-state index contributed by atoms with van der Waals surface area (Å²) >= 11 is 1.67. The molecule has 0 aromatic heterocycles. The number of methoxy groups -OCH3 is 1. The summed E-state index contributed by atoms with van der Waals surface area (Å²) in [6.07, 6.45) is 1.25. The third-order valence-corrected chi connectivity index (χ3v) is 4.64. The summed E-state index contributed by atoms with van der Waals surface area (Å²) in [6, 6.07) is 6.79. The fraction of sp³-hybridized carbons (Fsp3) is 0.412. The van der Waals surface area contributed by atoms with Crippen LogP contribution in [0.4, 0.5) is 0 Å². The number of carbonyl (C=O) groups is 2. The molecule has 1 unspecified atom stereocenters. The smallest absolute Gasteiger partial charge is 0.246 e. The van der Waals surface area contributed by atoms with Gasteiger partial charge in [0.15, 0.2) is 0 Å². The Balaban J connectivity index is 1.77. The molecule has 1 heterocycles. The first kappa shape index (κ1) is 18.2. The Morgan fingerprint density at radius 3 is 2.75 bits per heavy atom. The summed E-state index contributed by atoms with van der Waals surface area (Å²) in [5.74, 6) is 2.55. The molecule has 1 aromatic carbocycles. The van der Waals surface area contributed by atoms with Crippen LogP contribution in [0.3, 0.4) is 0 Å². The number of hydrogen-bond donors (Lipinski definition) is 1. The molecule has 1 saturated heterocycles. The lowest BCUT2D eigenvalue weighted by atomic mass is 10.2. The molecular formula is C17H22N2O4S. The lowest BCUT2D eigenvalue weighted by Crippen LogP contribution is -2.54. The van der Waals surface area contributed by atoms with Crippen LogP contribution >= 0.6 is 11.8 Å². The van der Waals surface area contributed by atoms with Crippen LogP contribution in [0, 0.1) is 0 Å². The number of ether oxygens (including phenoxy) is 2. The fourth-order valence-corrected chi connectivity index (χ4v) is 3.38. The Kier molecular flexibility index (Phi) is 6.99. The van der Waals surface area contributed by atoms with Gasteiger partial charge in [-0.25, -0.2) is 0 Å². The number of benzene rings is 1. The monoisotopic (exact) mass is 350 g/mol. The Bertz CT molecular complexity index is 576. The highest BCUT2D eigenvalue weighted by molar-refractivity contribution is 7.99. The molecule has 130 valence electrons. The molecule has 7 heteroatoms. The highest BCUT2D eigenvalue weighted by Gasteiger charge is 2.31. The van der Waals surface area contributed by atoms with Gasteiger partial charge in [0, 0.05) is 18.1 Å². The molecule has 0 bridgehead atoms. The Morgan fingerprint density at radius 2 is 2.08 bits per heavy atom. The van der Waals surface area contributed by atoms with E-state index >= 15 is 0 Å².